The fraction of sp³-hybridized carbons (Fsp3) is 0.458. The number of pyridine rings is 1. The van der Waals surface area contributed by atoms with Crippen molar-refractivity contribution in [1.29, 1.82) is 0 Å². The maximum absolute atomic E-state index is 13.1. The first-order valence-electron chi connectivity index (χ1n) is 11.5. The number of nitrogens with zero attached hydrogens (tertiary/aromatic N) is 3. The van der Waals surface area contributed by atoms with Crippen LogP contribution in [0.1, 0.15) is 23.0 Å². The molecule has 0 spiro atoms. The predicted octanol–water partition coefficient (Wildman–Crippen LogP) is 5.05. The van der Waals surface area contributed by atoms with Crippen molar-refractivity contribution in [2.45, 2.75) is 18.6 Å². The molecule has 0 aliphatic carbocycles. The summed E-state index contributed by atoms with van der Waals surface area (Å²) in [6.07, 6.45) is -3.73. The second kappa shape index (κ2) is 10.9. The molecule has 0 saturated carbocycles. The molecule has 2 aromatic heterocycles. The molecule has 1 aliphatic heterocycles. The molecule has 3 aromatic rings. The minimum atomic E-state index is -4.60. The van der Waals surface area contributed by atoms with Gasteiger partial charge < -0.3 is 20.5 Å². The Morgan fingerprint density at radius 1 is 1.17 bits per heavy atom. The molecule has 0 fully saturated rings. The Labute approximate surface area is 212 Å². The van der Waals surface area contributed by atoms with Crippen LogP contribution in [0.5, 0.6) is 0 Å². The smallest absolute Gasteiger partial charge is 0.369 e. The Morgan fingerprint density at radius 2 is 1.97 bits per heavy atom. The highest BCUT2D eigenvalue weighted by Crippen LogP contribution is 2.36. The van der Waals surface area contributed by atoms with Crippen LogP contribution in [0.4, 0.5) is 19.0 Å². The Kier molecular flexibility index (Phi) is 8.12. The molecular weight excluding hydrogens is 500 g/mol. The van der Waals surface area contributed by atoms with Crippen LogP contribution >= 0.6 is 23.2 Å². The summed E-state index contributed by atoms with van der Waals surface area (Å²) in [4.78, 5) is 11.7. The number of nitrogens with one attached hydrogen (secondary N) is 3. The summed E-state index contributed by atoms with van der Waals surface area (Å²) in [6.45, 7) is 4.44. The van der Waals surface area contributed by atoms with Gasteiger partial charge in [0.25, 0.3) is 0 Å². The van der Waals surface area contributed by atoms with E-state index < -0.39 is 16.9 Å². The number of anilines is 1. The summed E-state index contributed by atoms with van der Waals surface area (Å²) in [5, 5.41) is 8.02. The van der Waals surface area contributed by atoms with E-state index in [9.17, 15) is 13.2 Å². The Hall–Kier alpha value is -2.04. The van der Waals surface area contributed by atoms with Crippen molar-refractivity contribution in [3.8, 4) is 0 Å². The number of H-pyrrole nitrogens is 1. The summed E-state index contributed by atoms with van der Waals surface area (Å²) >= 11 is 11.9. The van der Waals surface area contributed by atoms with Crippen LogP contribution in [0.2, 0.25) is 10.0 Å². The van der Waals surface area contributed by atoms with Gasteiger partial charge in [-0.1, -0.05) is 23.2 Å². The third-order valence-electron chi connectivity index (χ3n) is 6.22. The van der Waals surface area contributed by atoms with Gasteiger partial charge in [0.05, 0.1) is 11.1 Å². The van der Waals surface area contributed by atoms with Gasteiger partial charge >= 0.3 is 6.18 Å². The van der Waals surface area contributed by atoms with Gasteiger partial charge in [-0.25, -0.2) is 4.98 Å². The van der Waals surface area contributed by atoms with E-state index in [2.05, 4.69) is 30.4 Å². The number of hydrogen-bond acceptors (Lipinski definition) is 5. The van der Waals surface area contributed by atoms with E-state index in [0.717, 1.165) is 49.2 Å². The van der Waals surface area contributed by atoms with E-state index in [0.29, 0.717) is 18.1 Å². The van der Waals surface area contributed by atoms with Gasteiger partial charge in [-0.3, -0.25) is 4.90 Å². The largest absolute Gasteiger partial charge is 0.434 e. The van der Waals surface area contributed by atoms with Gasteiger partial charge in [0, 0.05) is 60.9 Å². The van der Waals surface area contributed by atoms with Crippen LogP contribution < -0.4 is 10.6 Å². The van der Waals surface area contributed by atoms with E-state index in [1.165, 1.54) is 17.7 Å². The zero-order chi connectivity index (χ0) is 25.2. The third kappa shape index (κ3) is 6.21. The molecular formula is C24H29Cl2F3N6. The number of aromatic nitrogens is 2. The van der Waals surface area contributed by atoms with E-state index in [4.69, 9.17) is 23.2 Å². The summed E-state index contributed by atoms with van der Waals surface area (Å²) < 4.78 is 39.4. The lowest BCUT2D eigenvalue weighted by atomic mass is 9.97. The molecule has 1 aliphatic rings. The number of hydrogen-bond donors (Lipinski definition) is 3. The zero-order valence-corrected chi connectivity index (χ0v) is 21.2. The maximum Gasteiger partial charge on any atom is 0.434 e. The van der Waals surface area contributed by atoms with Gasteiger partial charge in [-0.2, -0.15) is 13.2 Å². The summed E-state index contributed by atoms with van der Waals surface area (Å²) in [5.41, 5.74) is 2.42. The van der Waals surface area contributed by atoms with E-state index in [-0.39, 0.29) is 11.9 Å². The van der Waals surface area contributed by atoms with Crippen LogP contribution in [-0.4, -0.2) is 73.1 Å². The average molecular weight is 529 g/mol. The van der Waals surface area contributed by atoms with Gasteiger partial charge in [-0.15, -0.1) is 0 Å². The first-order chi connectivity index (χ1) is 16.6. The lowest BCUT2D eigenvalue weighted by Crippen LogP contribution is -2.43. The predicted molar refractivity (Wildman–Crippen MR) is 135 cm³/mol. The highest BCUT2D eigenvalue weighted by molar-refractivity contribution is 6.31. The van der Waals surface area contributed by atoms with Crippen molar-refractivity contribution >= 4 is 39.9 Å². The molecule has 3 N–H and O–H groups in total. The lowest BCUT2D eigenvalue weighted by Gasteiger charge is -2.36. The van der Waals surface area contributed by atoms with E-state index in [1.54, 1.807) is 0 Å². The molecule has 1 aromatic carbocycles. The molecule has 3 heterocycles. The summed E-state index contributed by atoms with van der Waals surface area (Å²) in [5.74, 6) is 0.153. The lowest BCUT2D eigenvalue weighted by molar-refractivity contribution is -0.141. The van der Waals surface area contributed by atoms with Gasteiger partial charge in [0.15, 0.2) is 5.69 Å². The van der Waals surface area contributed by atoms with Crippen molar-refractivity contribution in [3.63, 3.8) is 0 Å². The first kappa shape index (κ1) is 26.0. The van der Waals surface area contributed by atoms with Crippen LogP contribution in [0, 0.1) is 0 Å². The number of rotatable bonds is 9. The fourth-order valence-corrected chi connectivity index (χ4v) is 4.88. The second-order valence-corrected chi connectivity index (χ2v) is 9.81. The number of aromatic amines is 1. The number of halogens is 5. The standard InChI is InChI=1S/C24H29Cl2F3N6/c1-34(2)11-8-30-14-20-22-16(17-13-15(25)3-5-19(17)32-22)7-10-35(20)12-9-31-21-6-4-18(26)23(33-21)24(27,28)29/h3-6,13,20,30,32H,7-12,14H2,1-2H3,(H,31,33). The quantitative estimate of drug-likeness (QED) is 0.339. The molecule has 0 saturated heterocycles. The van der Waals surface area contributed by atoms with Crippen molar-refractivity contribution in [2.24, 2.45) is 0 Å². The third-order valence-corrected chi connectivity index (χ3v) is 6.76. The van der Waals surface area contributed by atoms with Crippen molar-refractivity contribution in [3.05, 3.63) is 57.3 Å². The average Bonchev–Trinajstić information content (AvgIpc) is 3.15. The number of alkyl halides is 3. The van der Waals surface area contributed by atoms with Crippen LogP contribution in [0.25, 0.3) is 10.9 Å². The van der Waals surface area contributed by atoms with Crippen LogP contribution in [0.15, 0.2) is 30.3 Å². The van der Waals surface area contributed by atoms with E-state index >= 15 is 0 Å². The van der Waals surface area contributed by atoms with Crippen molar-refractivity contribution < 1.29 is 13.2 Å². The van der Waals surface area contributed by atoms with E-state index in [1.807, 2.05) is 32.3 Å². The molecule has 6 nitrogen and oxygen atoms in total. The monoisotopic (exact) mass is 528 g/mol. The molecule has 11 heteroatoms. The van der Waals surface area contributed by atoms with Crippen LogP contribution in [-0.2, 0) is 12.6 Å². The zero-order valence-electron chi connectivity index (χ0n) is 19.6. The molecule has 0 amide bonds. The molecule has 0 bridgehead atoms. The molecule has 190 valence electrons. The second-order valence-electron chi connectivity index (χ2n) is 8.97. The van der Waals surface area contributed by atoms with Gasteiger partial charge in [0.1, 0.15) is 5.82 Å². The highest BCUT2D eigenvalue weighted by atomic mass is 35.5. The highest BCUT2D eigenvalue weighted by Gasteiger charge is 2.35. The maximum atomic E-state index is 13.1. The number of benzene rings is 1. The minimum Gasteiger partial charge on any atom is -0.369 e. The molecule has 4 rings (SSSR count). The topological polar surface area (TPSA) is 59.2 Å². The first-order valence-corrected chi connectivity index (χ1v) is 12.3. The Balaban J connectivity index is 1.48. The van der Waals surface area contributed by atoms with Crippen LogP contribution in [0.3, 0.4) is 0 Å². The normalized spacial score (nSPS) is 16.7. The molecule has 1 atom stereocenters. The number of likely N-dealkylation sites (N-methyl/N-ethyl adjacent to an activating group) is 1. The summed E-state index contributed by atoms with van der Waals surface area (Å²) in [7, 11) is 4.07. The van der Waals surface area contributed by atoms with Crippen molar-refractivity contribution in [2.75, 3.05) is 58.7 Å². The molecule has 0 radical (unpaired) electrons. The minimum absolute atomic E-state index is 0.0952. The van der Waals surface area contributed by atoms with Crippen molar-refractivity contribution in [1.82, 2.24) is 25.1 Å². The molecule has 35 heavy (non-hydrogen) atoms. The molecule has 1 unspecified atom stereocenters. The Morgan fingerprint density at radius 3 is 2.71 bits per heavy atom. The SMILES string of the molecule is CN(C)CCNCC1c2[nH]c3ccc(Cl)cc3c2CCN1CCNc1ccc(Cl)c(C(F)(F)F)n1. The fourth-order valence-electron chi connectivity index (χ4n) is 4.50. The van der Waals surface area contributed by atoms with Gasteiger partial charge in [-0.05, 0) is 56.4 Å². The number of fused-ring (bicyclic) bond motifs is 3. The van der Waals surface area contributed by atoms with Gasteiger partial charge in [0.2, 0.25) is 0 Å². The summed E-state index contributed by atoms with van der Waals surface area (Å²) in [6, 6.07) is 8.67. The Bertz CT molecular complexity index is 1160.